The molecular weight excluding hydrogens is 216 g/mol. The van der Waals surface area contributed by atoms with Crippen molar-refractivity contribution in [3.05, 3.63) is 0 Å². The second-order valence-electron chi connectivity index (χ2n) is 4.94. The van der Waals surface area contributed by atoms with Gasteiger partial charge in [-0.3, -0.25) is 4.79 Å². The van der Waals surface area contributed by atoms with Crippen molar-refractivity contribution in [2.24, 2.45) is 0 Å². The second-order valence-corrected chi connectivity index (χ2v) is 4.94. The quantitative estimate of drug-likeness (QED) is 0.693. The Morgan fingerprint density at radius 2 is 2.29 bits per heavy atom. The Morgan fingerprint density at radius 3 is 2.94 bits per heavy atom. The van der Waals surface area contributed by atoms with Crippen molar-refractivity contribution < 1.29 is 9.53 Å². The highest BCUT2D eigenvalue weighted by Crippen LogP contribution is 2.13. The fraction of sp³-hybridized carbons (Fsp3) is 0.923. The molecule has 0 radical (unpaired) electrons. The third-order valence-corrected chi connectivity index (χ3v) is 3.19. The minimum atomic E-state index is -0.109. The first-order valence-electron chi connectivity index (χ1n) is 6.78. The van der Waals surface area contributed by atoms with Crippen molar-refractivity contribution in [3.8, 4) is 0 Å². The summed E-state index contributed by atoms with van der Waals surface area (Å²) in [6.07, 6.45) is 4.45. The molecule has 0 spiro atoms. The predicted molar refractivity (Wildman–Crippen MR) is 69.0 cm³/mol. The second kappa shape index (κ2) is 7.67. The molecule has 1 saturated heterocycles. The average molecular weight is 242 g/mol. The number of unbranched alkanes of at least 4 members (excludes halogenated alkanes) is 1. The smallest absolute Gasteiger partial charge is 0.236 e. The Morgan fingerprint density at radius 1 is 1.53 bits per heavy atom. The number of carbonyl (C=O) groups excluding carboxylic acids is 1. The highest BCUT2D eigenvalue weighted by molar-refractivity contribution is 5.81. The zero-order valence-electron chi connectivity index (χ0n) is 11.3. The topological polar surface area (TPSA) is 50.4 Å². The van der Waals surface area contributed by atoms with Gasteiger partial charge in [0.2, 0.25) is 5.91 Å². The van der Waals surface area contributed by atoms with Gasteiger partial charge in [0.05, 0.1) is 12.1 Å². The highest BCUT2D eigenvalue weighted by atomic mass is 16.5. The van der Waals surface area contributed by atoms with Crippen molar-refractivity contribution >= 4 is 5.91 Å². The molecule has 4 nitrogen and oxygen atoms in total. The Bertz CT molecular complexity index is 233. The van der Waals surface area contributed by atoms with Crippen molar-refractivity contribution in [2.45, 2.75) is 64.6 Å². The van der Waals surface area contributed by atoms with Gasteiger partial charge < -0.3 is 15.4 Å². The van der Waals surface area contributed by atoms with Gasteiger partial charge in [-0.15, -0.1) is 0 Å². The van der Waals surface area contributed by atoms with E-state index in [4.69, 9.17) is 4.74 Å². The molecule has 0 aromatic carbocycles. The van der Waals surface area contributed by atoms with Crippen LogP contribution in [0, 0.1) is 0 Å². The molecule has 1 fully saturated rings. The van der Waals surface area contributed by atoms with Gasteiger partial charge in [0.15, 0.2) is 0 Å². The lowest BCUT2D eigenvalue weighted by Crippen LogP contribution is -2.49. The molecule has 0 aromatic rings. The summed E-state index contributed by atoms with van der Waals surface area (Å²) in [7, 11) is 0. The van der Waals surface area contributed by atoms with Crippen molar-refractivity contribution in [3.63, 3.8) is 0 Å². The SMILES string of the molecule is CCCCNC(=O)C(C)NC1CCOC(C)C1. The van der Waals surface area contributed by atoms with E-state index in [0.29, 0.717) is 12.1 Å². The van der Waals surface area contributed by atoms with Gasteiger partial charge in [-0.05, 0) is 33.1 Å². The van der Waals surface area contributed by atoms with Crippen molar-refractivity contribution in [1.29, 1.82) is 0 Å². The van der Waals surface area contributed by atoms with E-state index >= 15 is 0 Å². The fourth-order valence-corrected chi connectivity index (χ4v) is 2.12. The number of hydrogen-bond acceptors (Lipinski definition) is 3. The molecule has 1 aliphatic rings. The average Bonchev–Trinajstić information content (AvgIpc) is 2.29. The lowest BCUT2D eigenvalue weighted by molar-refractivity contribution is -0.123. The number of rotatable bonds is 6. The number of amides is 1. The van der Waals surface area contributed by atoms with Crippen LogP contribution in [0.5, 0.6) is 0 Å². The minimum Gasteiger partial charge on any atom is -0.378 e. The third-order valence-electron chi connectivity index (χ3n) is 3.19. The Kier molecular flexibility index (Phi) is 6.52. The predicted octanol–water partition coefficient (Wildman–Crippen LogP) is 1.45. The van der Waals surface area contributed by atoms with Crippen LogP contribution in [-0.4, -0.2) is 37.2 Å². The van der Waals surface area contributed by atoms with Crippen LogP contribution >= 0.6 is 0 Å². The number of hydrogen-bond donors (Lipinski definition) is 2. The van der Waals surface area contributed by atoms with Crippen molar-refractivity contribution in [1.82, 2.24) is 10.6 Å². The molecule has 1 amide bonds. The van der Waals surface area contributed by atoms with Gasteiger partial charge in [0, 0.05) is 19.2 Å². The summed E-state index contributed by atoms with van der Waals surface area (Å²) >= 11 is 0. The lowest BCUT2D eigenvalue weighted by atomic mass is 10.0. The van der Waals surface area contributed by atoms with E-state index in [1.165, 1.54) is 0 Å². The lowest BCUT2D eigenvalue weighted by Gasteiger charge is -2.30. The van der Waals surface area contributed by atoms with Gasteiger partial charge in [0.1, 0.15) is 0 Å². The Labute approximate surface area is 104 Å². The summed E-state index contributed by atoms with van der Waals surface area (Å²) in [5, 5.41) is 6.34. The molecule has 0 aliphatic carbocycles. The van der Waals surface area contributed by atoms with Crippen LogP contribution in [0.25, 0.3) is 0 Å². The van der Waals surface area contributed by atoms with E-state index in [1.54, 1.807) is 0 Å². The molecule has 0 saturated carbocycles. The fourth-order valence-electron chi connectivity index (χ4n) is 2.12. The highest BCUT2D eigenvalue weighted by Gasteiger charge is 2.22. The van der Waals surface area contributed by atoms with Crippen LogP contribution in [0.15, 0.2) is 0 Å². The first-order valence-corrected chi connectivity index (χ1v) is 6.78. The van der Waals surface area contributed by atoms with E-state index in [9.17, 15) is 4.79 Å². The molecule has 4 heteroatoms. The summed E-state index contributed by atoms with van der Waals surface area (Å²) in [5.74, 6) is 0.109. The van der Waals surface area contributed by atoms with E-state index in [1.807, 2.05) is 6.92 Å². The molecule has 1 rings (SSSR count). The zero-order valence-corrected chi connectivity index (χ0v) is 11.3. The van der Waals surface area contributed by atoms with Gasteiger partial charge in [-0.25, -0.2) is 0 Å². The molecule has 1 aliphatic heterocycles. The molecular formula is C13H26N2O2. The maximum Gasteiger partial charge on any atom is 0.236 e. The minimum absolute atomic E-state index is 0.109. The van der Waals surface area contributed by atoms with E-state index in [0.717, 1.165) is 38.8 Å². The summed E-state index contributed by atoms with van der Waals surface area (Å²) in [6, 6.07) is 0.299. The van der Waals surface area contributed by atoms with E-state index < -0.39 is 0 Å². The maximum absolute atomic E-state index is 11.8. The van der Waals surface area contributed by atoms with Crippen LogP contribution in [0.2, 0.25) is 0 Å². The van der Waals surface area contributed by atoms with Gasteiger partial charge in [-0.2, -0.15) is 0 Å². The maximum atomic E-state index is 11.8. The molecule has 3 atom stereocenters. The number of ether oxygens (including phenoxy) is 1. The number of nitrogens with one attached hydrogen (secondary N) is 2. The summed E-state index contributed by atoms with van der Waals surface area (Å²) < 4.78 is 5.49. The molecule has 3 unspecified atom stereocenters. The summed E-state index contributed by atoms with van der Waals surface area (Å²) in [6.45, 7) is 7.72. The molecule has 0 bridgehead atoms. The molecule has 100 valence electrons. The van der Waals surface area contributed by atoms with Gasteiger partial charge in [0.25, 0.3) is 0 Å². The van der Waals surface area contributed by atoms with Crippen LogP contribution in [0.1, 0.15) is 46.5 Å². The summed E-state index contributed by atoms with van der Waals surface area (Å²) in [4.78, 5) is 11.8. The van der Waals surface area contributed by atoms with Crippen LogP contribution < -0.4 is 10.6 Å². The van der Waals surface area contributed by atoms with Crippen molar-refractivity contribution in [2.75, 3.05) is 13.2 Å². The van der Waals surface area contributed by atoms with Crippen LogP contribution in [0.4, 0.5) is 0 Å². The first kappa shape index (κ1) is 14.5. The Hall–Kier alpha value is -0.610. The largest absolute Gasteiger partial charge is 0.378 e. The monoisotopic (exact) mass is 242 g/mol. The normalized spacial score (nSPS) is 26.5. The molecule has 1 heterocycles. The molecule has 0 aromatic heterocycles. The third kappa shape index (κ3) is 5.50. The molecule has 17 heavy (non-hydrogen) atoms. The van der Waals surface area contributed by atoms with Gasteiger partial charge >= 0.3 is 0 Å². The van der Waals surface area contributed by atoms with E-state index in [2.05, 4.69) is 24.5 Å². The van der Waals surface area contributed by atoms with Gasteiger partial charge in [-0.1, -0.05) is 13.3 Å². The summed E-state index contributed by atoms with van der Waals surface area (Å²) in [5.41, 5.74) is 0. The first-order chi connectivity index (χ1) is 8.13. The molecule has 2 N–H and O–H groups in total. The Balaban J connectivity index is 2.22. The van der Waals surface area contributed by atoms with E-state index in [-0.39, 0.29) is 11.9 Å². The standard InChI is InChI=1S/C13H26N2O2/c1-4-5-7-14-13(16)11(3)15-12-6-8-17-10(2)9-12/h10-12,15H,4-9H2,1-3H3,(H,14,16). The van der Waals surface area contributed by atoms with Crippen LogP contribution in [-0.2, 0) is 9.53 Å². The van der Waals surface area contributed by atoms with Crippen LogP contribution in [0.3, 0.4) is 0 Å². The zero-order chi connectivity index (χ0) is 12.7. The number of carbonyl (C=O) groups is 1.